The molecule has 0 aliphatic rings. The lowest BCUT2D eigenvalue weighted by molar-refractivity contribution is -0.115. The summed E-state index contributed by atoms with van der Waals surface area (Å²) in [6, 6.07) is 0. The van der Waals surface area contributed by atoms with Crippen LogP contribution in [0.15, 0.2) is 0 Å². The van der Waals surface area contributed by atoms with E-state index < -0.39 is 0 Å². The molecule has 0 aliphatic carbocycles. The van der Waals surface area contributed by atoms with E-state index in [1.807, 2.05) is 5.92 Å². The van der Waals surface area contributed by atoms with Crippen molar-refractivity contribution in [1.29, 1.82) is 0 Å². The van der Waals surface area contributed by atoms with Gasteiger partial charge in [-0.3, -0.25) is 4.79 Å². The standard InChI is InChI=1S/C4H5NO/c1-3-4(6)5-2/h1H,2H3,(H,5,6). The van der Waals surface area contributed by atoms with Gasteiger partial charge in [0.1, 0.15) is 0 Å². The van der Waals surface area contributed by atoms with Crippen molar-refractivity contribution in [1.82, 2.24) is 5.32 Å². The van der Waals surface area contributed by atoms with Crippen LogP contribution in [0.25, 0.3) is 0 Å². The minimum absolute atomic E-state index is 0.380. The lowest BCUT2D eigenvalue weighted by Gasteiger charge is -1.79. The molecule has 0 atom stereocenters. The second kappa shape index (κ2) is 2.28. The van der Waals surface area contributed by atoms with Gasteiger partial charge in [0.25, 0.3) is 5.91 Å². The van der Waals surface area contributed by atoms with Gasteiger partial charge in [-0.2, -0.15) is 0 Å². The summed E-state index contributed by atoms with van der Waals surface area (Å²) in [5, 5.41) is 2.24. The van der Waals surface area contributed by atoms with Crippen LogP contribution in [0.5, 0.6) is 0 Å². The Kier molecular flexibility index (Phi) is 1.91. The Hall–Kier alpha value is -0.970. The molecule has 0 bridgehead atoms. The number of hydrogen-bond acceptors (Lipinski definition) is 1. The quantitative estimate of drug-likeness (QED) is 0.388. The first-order chi connectivity index (χ1) is 2.81. The number of hydrogen-bond donors (Lipinski definition) is 1. The fourth-order valence-electron chi connectivity index (χ4n) is 0.0722. The average molecular weight is 83.1 g/mol. The molecule has 2 heteroatoms. The molecule has 0 rings (SSSR count). The van der Waals surface area contributed by atoms with Crippen LogP contribution in [0.1, 0.15) is 0 Å². The molecule has 0 radical (unpaired) electrons. The minimum atomic E-state index is -0.380. The van der Waals surface area contributed by atoms with E-state index in [1.165, 1.54) is 7.05 Å². The molecule has 0 heterocycles. The van der Waals surface area contributed by atoms with E-state index in [0.29, 0.717) is 0 Å². The molecule has 2 nitrogen and oxygen atoms in total. The molecule has 32 valence electrons. The summed E-state index contributed by atoms with van der Waals surface area (Å²) < 4.78 is 0. The van der Waals surface area contributed by atoms with E-state index in [2.05, 4.69) is 11.7 Å². The minimum Gasteiger partial charge on any atom is -0.348 e. The van der Waals surface area contributed by atoms with Gasteiger partial charge in [0.2, 0.25) is 0 Å². The Bertz CT molecular complexity index is 90.2. The fraction of sp³-hybridized carbons (Fsp3) is 0.250. The van der Waals surface area contributed by atoms with Crippen LogP contribution >= 0.6 is 0 Å². The molecule has 0 spiro atoms. The van der Waals surface area contributed by atoms with Gasteiger partial charge in [0, 0.05) is 7.05 Å². The van der Waals surface area contributed by atoms with Gasteiger partial charge in [-0.15, -0.1) is 6.42 Å². The molecule has 0 aromatic carbocycles. The summed E-state index contributed by atoms with van der Waals surface area (Å²) in [7, 11) is 1.49. The predicted molar refractivity (Wildman–Crippen MR) is 22.9 cm³/mol. The molecule has 6 heavy (non-hydrogen) atoms. The highest BCUT2D eigenvalue weighted by Gasteiger charge is 1.79. The third-order valence-corrected chi connectivity index (χ3v) is 0.358. The summed E-state index contributed by atoms with van der Waals surface area (Å²) in [4.78, 5) is 9.83. The summed E-state index contributed by atoms with van der Waals surface area (Å²) >= 11 is 0. The molecule has 0 aromatic rings. The maximum atomic E-state index is 9.83. The smallest absolute Gasteiger partial charge is 0.295 e. The van der Waals surface area contributed by atoms with Gasteiger partial charge in [0.05, 0.1) is 0 Å². The second-order valence-corrected chi connectivity index (χ2v) is 0.723. The van der Waals surface area contributed by atoms with Crippen molar-refractivity contribution in [2.45, 2.75) is 0 Å². The van der Waals surface area contributed by atoms with E-state index in [-0.39, 0.29) is 5.91 Å². The number of terminal acetylenes is 1. The number of nitrogens with one attached hydrogen (secondary N) is 1. The van der Waals surface area contributed by atoms with Crippen molar-refractivity contribution >= 4 is 5.91 Å². The van der Waals surface area contributed by atoms with Crippen LogP contribution in [0, 0.1) is 12.3 Å². The van der Waals surface area contributed by atoms with Gasteiger partial charge in [-0.25, -0.2) is 0 Å². The third kappa shape index (κ3) is 1.36. The lowest BCUT2D eigenvalue weighted by Crippen LogP contribution is -2.13. The van der Waals surface area contributed by atoms with Gasteiger partial charge in [-0.05, 0) is 5.92 Å². The van der Waals surface area contributed by atoms with E-state index in [1.54, 1.807) is 0 Å². The second-order valence-electron chi connectivity index (χ2n) is 0.723. The summed E-state index contributed by atoms with van der Waals surface area (Å²) in [6.07, 6.45) is 4.62. The molecular formula is C4H5NO. The van der Waals surface area contributed by atoms with Gasteiger partial charge in [-0.1, -0.05) is 0 Å². The molecule has 0 unspecified atom stereocenters. The topological polar surface area (TPSA) is 29.1 Å². The van der Waals surface area contributed by atoms with E-state index in [0.717, 1.165) is 0 Å². The fourth-order valence-corrected chi connectivity index (χ4v) is 0.0722. The van der Waals surface area contributed by atoms with Crippen LogP contribution in [-0.2, 0) is 4.79 Å². The van der Waals surface area contributed by atoms with Crippen molar-refractivity contribution in [3.8, 4) is 12.3 Å². The van der Waals surface area contributed by atoms with Crippen molar-refractivity contribution in [2.24, 2.45) is 0 Å². The first kappa shape index (κ1) is 5.03. The Labute approximate surface area is 36.5 Å². The Balaban J connectivity index is 3.33. The largest absolute Gasteiger partial charge is 0.348 e. The molecule has 1 N–H and O–H groups in total. The summed E-state index contributed by atoms with van der Waals surface area (Å²) in [5.41, 5.74) is 0. The lowest BCUT2D eigenvalue weighted by atomic mass is 10.6. The first-order valence-electron chi connectivity index (χ1n) is 1.49. The van der Waals surface area contributed by atoms with Crippen molar-refractivity contribution in [2.75, 3.05) is 7.05 Å². The molecule has 0 saturated heterocycles. The van der Waals surface area contributed by atoms with Crippen molar-refractivity contribution in [3.05, 3.63) is 0 Å². The molecule has 0 fully saturated rings. The van der Waals surface area contributed by atoms with Crippen molar-refractivity contribution in [3.63, 3.8) is 0 Å². The highest BCUT2D eigenvalue weighted by molar-refractivity contribution is 5.92. The predicted octanol–water partition coefficient (Wildman–Crippen LogP) is -0.634. The zero-order valence-corrected chi connectivity index (χ0v) is 3.49. The summed E-state index contributed by atoms with van der Waals surface area (Å²) in [6.45, 7) is 0. The average Bonchev–Trinajstić information content (AvgIpc) is 1.65. The summed E-state index contributed by atoms with van der Waals surface area (Å²) in [5.74, 6) is 1.48. The van der Waals surface area contributed by atoms with Crippen LogP contribution in [-0.4, -0.2) is 13.0 Å². The SMILES string of the molecule is C#CC(=O)NC. The highest BCUT2D eigenvalue weighted by Crippen LogP contribution is 1.47. The Morgan fingerprint density at radius 2 is 2.50 bits per heavy atom. The zero-order chi connectivity index (χ0) is 4.99. The van der Waals surface area contributed by atoms with E-state index >= 15 is 0 Å². The highest BCUT2D eigenvalue weighted by atomic mass is 16.1. The van der Waals surface area contributed by atoms with Crippen LogP contribution in [0.3, 0.4) is 0 Å². The Morgan fingerprint density at radius 3 is 2.50 bits per heavy atom. The maximum absolute atomic E-state index is 9.83. The molecule has 1 amide bonds. The van der Waals surface area contributed by atoms with E-state index in [4.69, 9.17) is 0 Å². The molecule has 0 aromatic heterocycles. The van der Waals surface area contributed by atoms with Gasteiger partial charge >= 0.3 is 0 Å². The maximum Gasteiger partial charge on any atom is 0.295 e. The van der Waals surface area contributed by atoms with Gasteiger partial charge in [0.15, 0.2) is 0 Å². The monoisotopic (exact) mass is 83.0 g/mol. The normalized spacial score (nSPS) is 6.00. The third-order valence-electron chi connectivity index (χ3n) is 0.358. The number of amides is 1. The molecular weight excluding hydrogens is 78.0 g/mol. The van der Waals surface area contributed by atoms with Crippen LogP contribution in [0.2, 0.25) is 0 Å². The first-order valence-corrected chi connectivity index (χ1v) is 1.49. The van der Waals surface area contributed by atoms with Crippen LogP contribution in [0.4, 0.5) is 0 Å². The molecule has 0 saturated carbocycles. The Morgan fingerprint density at radius 1 is 2.00 bits per heavy atom. The van der Waals surface area contributed by atoms with Crippen molar-refractivity contribution < 1.29 is 4.79 Å². The van der Waals surface area contributed by atoms with Crippen LogP contribution < -0.4 is 5.32 Å². The zero-order valence-electron chi connectivity index (χ0n) is 3.49. The number of carbonyl (C=O) groups is 1. The van der Waals surface area contributed by atoms with Gasteiger partial charge < -0.3 is 5.32 Å². The van der Waals surface area contributed by atoms with E-state index in [9.17, 15) is 4.79 Å². The molecule has 0 aliphatic heterocycles. The number of carbonyl (C=O) groups excluding carboxylic acids is 1. The number of rotatable bonds is 0.